The molecule has 1 amide bonds. The first kappa shape index (κ1) is 14.4. The smallest absolute Gasteiger partial charge is 0.305 e. The van der Waals surface area contributed by atoms with Crippen molar-refractivity contribution in [2.75, 3.05) is 13.7 Å². The first-order valence-electron chi connectivity index (χ1n) is 4.97. The number of esters is 1. The SMILES string of the molecule is COC(=O)CCCNC(=O)C(Br)C(C)C. The van der Waals surface area contributed by atoms with Crippen LogP contribution in [0.1, 0.15) is 26.7 Å². The quantitative estimate of drug-likeness (QED) is 0.455. The van der Waals surface area contributed by atoms with Crippen LogP contribution in [0.3, 0.4) is 0 Å². The monoisotopic (exact) mass is 279 g/mol. The second-order valence-corrected chi connectivity index (χ2v) is 4.60. The van der Waals surface area contributed by atoms with Gasteiger partial charge >= 0.3 is 5.97 Å². The first-order chi connectivity index (χ1) is 6.99. The van der Waals surface area contributed by atoms with E-state index in [9.17, 15) is 9.59 Å². The number of ether oxygens (including phenoxy) is 1. The summed E-state index contributed by atoms with van der Waals surface area (Å²) < 4.78 is 4.48. The van der Waals surface area contributed by atoms with E-state index in [1.165, 1.54) is 7.11 Å². The zero-order chi connectivity index (χ0) is 11.8. The molecule has 4 nitrogen and oxygen atoms in total. The van der Waals surface area contributed by atoms with Crippen molar-refractivity contribution in [3.05, 3.63) is 0 Å². The highest BCUT2D eigenvalue weighted by molar-refractivity contribution is 9.10. The number of carbonyl (C=O) groups is 2. The Morgan fingerprint density at radius 1 is 1.40 bits per heavy atom. The summed E-state index contributed by atoms with van der Waals surface area (Å²) in [7, 11) is 1.36. The molecule has 0 saturated carbocycles. The predicted molar refractivity (Wildman–Crippen MR) is 61.8 cm³/mol. The van der Waals surface area contributed by atoms with Crippen molar-refractivity contribution in [1.29, 1.82) is 0 Å². The number of alkyl halides is 1. The summed E-state index contributed by atoms with van der Waals surface area (Å²) in [5, 5.41) is 2.75. The Hall–Kier alpha value is -0.580. The molecule has 0 radical (unpaired) electrons. The van der Waals surface area contributed by atoms with Crippen LogP contribution in [0.4, 0.5) is 0 Å². The van der Waals surface area contributed by atoms with Crippen LogP contribution in [0.25, 0.3) is 0 Å². The minimum Gasteiger partial charge on any atom is -0.469 e. The molecule has 0 aliphatic heterocycles. The molecule has 0 bridgehead atoms. The number of methoxy groups -OCH3 is 1. The Morgan fingerprint density at radius 3 is 2.47 bits per heavy atom. The second kappa shape index (κ2) is 7.68. The third-order valence-corrected chi connectivity index (χ3v) is 3.39. The fourth-order valence-electron chi connectivity index (χ4n) is 0.947. The van der Waals surface area contributed by atoms with Gasteiger partial charge in [0.1, 0.15) is 0 Å². The minimum atomic E-state index is -0.247. The number of amides is 1. The maximum absolute atomic E-state index is 11.4. The number of rotatable bonds is 6. The minimum absolute atomic E-state index is 0.0325. The fourth-order valence-corrected chi connectivity index (χ4v) is 1.11. The van der Waals surface area contributed by atoms with E-state index in [0.29, 0.717) is 19.4 Å². The molecular formula is C10H18BrNO3. The number of hydrogen-bond acceptors (Lipinski definition) is 3. The number of halogens is 1. The molecule has 0 aliphatic rings. The first-order valence-corrected chi connectivity index (χ1v) is 5.89. The van der Waals surface area contributed by atoms with Gasteiger partial charge in [-0.25, -0.2) is 0 Å². The van der Waals surface area contributed by atoms with Crippen LogP contribution in [0.15, 0.2) is 0 Å². The lowest BCUT2D eigenvalue weighted by molar-refractivity contribution is -0.140. The molecule has 88 valence electrons. The van der Waals surface area contributed by atoms with Gasteiger partial charge in [0.05, 0.1) is 11.9 Å². The molecule has 0 aromatic rings. The second-order valence-electron chi connectivity index (χ2n) is 3.62. The van der Waals surface area contributed by atoms with Crippen LogP contribution in [-0.2, 0) is 14.3 Å². The van der Waals surface area contributed by atoms with Gasteiger partial charge in [-0.3, -0.25) is 9.59 Å². The van der Waals surface area contributed by atoms with Gasteiger partial charge in [-0.15, -0.1) is 0 Å². The van der Waals surface area contributed by atoms with Crippen molar-refractivity contribution < 1.29 is 14.3 Å². The van der Waals surface area contributed by atoms with Crippen molar-refractivity contribution in [1.82, 2.24) is 5.32 Å². The van der Waals surface area contributed by atoms with E-state index in [-0.39, 0.29) is 22.6 Å². The molecular weight excluding hydrogens is 262 g/mol. The van der Waals surface area contributed by atoms with E-state index in [1.807, 2.05) is 13.8 Å². The number of carbonyl (C=O) groups excluding carboxylic acids is 2. The Kier molecular flexibility index (Phi) is 7.38. The molecule has 0 saturated heterocycles. The van der Waals surface area contributed by atoms with Crippen LogP contribution < -0.4 is 5.32 Å². The molecule has 1 N–H and O–H groups in total. The van der Waals surface area contributed by atoms with Crippen LogP contribution >= 0.6 is 15.9 Å². The lowest BCUT2D eigenvalue weighted by Crippen LogP contribution is -2.34. The maximum Gasteiger partial charge on any atom is 0.305 e. The molecule has 0 heterocycles. The summed E-state index contributed by atoms with van der Waals surface area (Å²) >= 11 is 3.30. The summed E-state index contributed by atoms with van der Waals surface area (Å²) in [6, 6.07) is 0. The third kappa shape index (κ3) is 6.49. The van der Waals surface area contributed by atoms with E-state index in [2.05, 4.69) is 26.0 Å². The van der Waals surface area contributed by atoms with Crippen molar-refractivity contribution in [2.24, 2.45) is 5.92 Å². The summed E-state index contributed by atoms with van der Waals surface area (Å²) in [5.74, 6) is -0.0241. The highest BCUT2D eigenvalue weighted by Gasteiger charge is 2.17. The Labute approximate surface area is 98.9 Å². The highest BCUT2D eigenvalue weighted by Crippen LogP contribution is 2.11. The Bertz CT molecular complexity index is 219. The van der Waals surface area contributed by atoms with Crippen LogP contribution in [-0.4, -0.2) is 30.4 Å². The lowest BCUT2D eigenvalue weighted by atomic mass is 10.1. The van der Waals surface area contributed by atoms with E-state index in [1.54, 1.807) is 0 Å². The maximum atomic E-state index is 11.4. The average Bonchev–Trinajstić information content (AvgIpc) is 2.22. The molecule has 1 atom stereocenters. The van der Waals surface area contributed by atoms with Gasteiger partial charge in [-0.05, 0) is 12.3 Å². The van der Waals surface area contributed by atoms with Gasteiger partial charge in [0.15, 0.2) is 0 Å². The molecule has 0 fully saturated rings. The van der Waals surface area contributed by atoms with Gasteiger partial charge in [0, 0.05) is 13.0 Å². The van der Waals surface area contributed by atoms with Gasteiger partial charge in [-0.1, -0.05) is 29.8 Å². The van der Waals surface area contributed by atoms with E-state index in [4.69, 9.17) is 0 Å². The van der Waals surface area contributed by atoms with Crippen molar-refractivity contribution >= 4 is 27.8 Å². The molecule has 15 heavy (non-hydrogen) atoms. The standard InChI is InChI=1S/C10H18BrNO3/c1-7(2)9(11)10(14)12-6-4-5-8(13)15-3/h7,9H,4-6H2,1-3H3,(H,12,14). The van der Waals surface area contributed by atoms with Gasteiger partial charge in [0.25, 0.3) is 0 Å². The Balaban J connectivity index is 3.60. The normalized spacial score (nSPS) is 12.3. The van der Waals surface area contributed by atoms with Crippen LogP contribution in [0, 0.1) is 5.92 Å². The van der Waals surface area contributed by atoms with Crippen LogP contribution in [0.2, 0.25) is 0 Å². The zero-order valence-corrected chi connectivity index (χ0v) is 11.0. The fraction of sp³-hybridized carbons (Fsp3) is 0.800. The average molecular weight is 280 g/mol. The number of hydrogen-bond donors (Lipinski definition) is 1. The van der Waals surface area contributed by atoms with Crippen LogP contribution in [0.5, 0.6) is 0 Å². The summed E-state index contributed by atoms with van der Waals surface area (Å²) in [6.45, 7) is 4.43. The van der Waals surface area contributed by atoms with Crippen molar-refractivity contribution in [3.8, 4) is 0 Å². The molecule has 0 aromatic heterocycles. The zero-order valence-electron chi connectivity index (χ0n) is 9.38. The Morgan fingerprint density at radius 2 is 2.00 bits per heavy atom. The van der Waals surface area contributed by atoms with Gasteiger partial charge in [-0.2, -0.15) is 0 Å². The molecule has 0 aliphatic carbocycles. The number of nitrogens with one attached hydrogen (secondary N) is 1. The topological polar surface area (TPSA) is 55.4 Å². The van der Waals surface area contributed by atoms with Crippen molar-refractivity contribution in [3.63, 3.8) is 0 Å². The summed E-state index contributed by atoms with van der Waals surface area (Å²) in [5.41, 5.74) is 0. The molecule has 1 unspecified atom stereocenters. The lowest BCUT2D eigenvalue weighted by Gasteiger charge is -2.13. The molecule has 0 spiro atoms. The van der Waals surface area contributed by atoms with E-state index < -0.39 is 0 Å². The predicted octanol–water partition coefficient (Wildman–Crippen LogP) is 1.48. The van der Waals surface area contributed by atoms with Gasteiger partial charge < -0.3 is 10.1 Å². The van der Waals surface area contributed by atoms with Crippen molar-refractivity contribution in [2.45, 2.75) is 31.5 Å². The third-order valence-electron chi connectivity index (χ3n) is 1.92. The van der Waals surface area contributed by atoms with E-state index >= 15 is 0 Å². The largest absolute Gasteiger partial charge is 0.469 e. The molecule has 5 heteroatoms. The molecule has 0 aromatic carbocycles. The highest BCUT2D eigenvalue weighted by atomic mass is 79.9. The summed E-state index contributed by atoms with van der Waals surface area (Å²) in [4.78, 5) is 22.0. The summed E-state index contributed by atoms with van der Waals surface area (Å²) in [6.07, 6.45) is 0.946. The van der Waals surface area contributed by atoms with Gasteiger partial charge in [0.2, 0.25) is 5.91 Å². The molecule has 0 rings (SSSR count). The van der Waals surface area contributed by atoms with E-state index in [0.717, 1.165) is 0 Å².